The molecule has 0 atom stereocenters. The number of hydrogen-bond acceptors (Lipinski definition) is 6. The van der Waals surface area contributed by atoms with Crippen molar-refractivity contribution in [1.29, 1.82) is 0 Å². The molecule has 2 N–H and O–H groups in total. The van der Waals surface area contributed by atoms with Gasteiger partial charge in [0.05, 0.1) is 13.7 Å². The predicted molar refractivity (Wildman–Crippen MR) is 113 cm³/mol. The van der Waals surface area contributed by atoms with Gasteiger partial charge in [0.15, 0.2) is 0 Å². The summed E-state index contributed by atoms with van der Waals surface area (Å²) in [5, 5.41) is 3.76. The molecule has 0 unspecified atom stereocenters. The zero-order valence-corrected chi connectivity index (χ0v) is 17.5. The molecule has 3 rings (SSSR count). The molecular formula is C21H23N3O5S. The summed E-state index contributed by atoms with van der Waals surface area (Å²) in [7, 11) is -1.09. The Labute approximate surface area is 175 Å². The summed E-state index contributed by atoms with van der Waals surface area (Å²) >= 11 is 0. The lowest BCUT2D eigenvalue weighted by molar-refractivity contribution is 0.0951. The van der Waals surface area contributed by atoms with Crippen LogP contribution < -0.4 is 19.5 Å². The van der Waals surface area contributed by atoms with Gasteiger partial charge >= 0.3 is 0 Å². The number of amides is 1. The molecule has 1 aromatic heterocycles. The molecule has 9 heteroatoms. The number of rotatable bonds is 9. The molecule has 1 amide bonds. The maximum atomic E-state index is 12.4. The maximum Gasteiger partial charge on any atom is 0.251 e. The zero-order chi connectivity index (χ0) is 21.6. The van der Waals surface area contributed by atoms with Crippen LogP contribution in [0.2, 0.25) is 0 Å². The van der Waals surface area contributed by atoms with E-state index in [1.54, 1.807) is 6.20 Å². The SMILES string of the molecule is CNS(=O)(=O)c1cc(C(=O)NCCCOc2cccc3cccnc23)ccc1OC. The van der Waals surface area contributed by atoms with E-state index in [4.69, 9.17) is 9.47 Å². The summed E-state index contributed by atoms with van der Waals surface area (Å²) < 4.78 is 37.4. The van der Waals surface area contributed by atoms with E-state index in [0.717, 1.165) is 10.9 Å². The third-order valence-electron chi connectivity index (χ3n) is 4.44. The smallest absolute Gasteiger partial charge is 0.251 e. The minimum Gasteiger partial charge on any atom is -0.495 e. The maximum absolute atomic E-state index is 12.4. The third-order valence-corrected chi connectivity index (χ3v) is 5.88. The summed E-state index contributed by atoms with van der Waals surface area (Å²) in [4.78, 5) is 16.6. The van der Waals surface area contributed by atoms with Crippen molar-refractivity contribution in [3.63, 3.8) is 0 Å². The quantitative estimate of drug-likeness (QED) is 0.506. The fraction of sp³-hybridized carbons (Fsp3) is 0.238. The monoisotopic (exact) mass is 429 g/mol. The van der Waals surface area contributed by atoms with Crippen LogP contribution in [0.15, 0.2) is 59.6 Å². The number of fused-ring (bicyclic) bond motifs is 1. The molecule has 0 aliphatic heterocycles. The van der Waals surface area contributed by atoms with E-state index in [1.165, 1.54) is 32.4 Å². The molecule has 158 valence electrons. The summed E-state index contributed by atoms with van der Waals surface area (Å²) in [6.45, 7) is 0.773. The molecule has 0 fully saturated rings. The fourth-order valence-corrected chi connectivity index (χ4v) is 3.81. The molecule has 0 spiro atoms. The van der Waals surface area contributed by atoms with Crippen LogP contribution >= 0.6 is 0 Å². The highest BCUT2D eigenvalue weighted by atomic mass is 32.2. The van der Waals surface area contributed by atoms with Gasteiger partial charge in [-0.05, 0) is 43.8 Å². The number of pyridine rings is 1. The van der Waals surface area contributed by atoms with Crippen LogP contribution in [0.1, 0.15) is 16.8 Å². The van der Waals surface area contributed by atoms with Crippen LogP contribution in [0.25, 0.3) is 10.9 Å². The van der Waals surface area contributed by atoms with Gasteiger partial charge in [-0.3, -0.25) is 9.78 Å². The van der Waals surface area contributed by atoms with Gasteiger partial charge in [-0.2, -0.15) is 0 Å². The highest BCUT2D eigenvalue weighted by Crippen LogP contribution is 2.25. The number of methoxy groups -OCH3 is 1. The van der Waals surface area contributed by atoms with E-state index in [-0.39, 0.29) is 22.1 Å². The Balaban J connectivity index is 1.57. The highest BCUT2D eigenvalue weighted by molar-refractivity contribution is 7.89. The van der Waals surface area contributed by atoms with Crippen molar-refractivity contribution < 1.29 is 22.7 Å². The second-order valence-corrected chi connectivity index (χ2v) is 8.22. The predicted octanol–water partition coefficient (Wildman–Crippen LogP) is 2.35. The third kappa shape index (κ3) is 4.87. The number of nitrogens with zero attached hydrogens (tertiary/aromatic N) is 1. The number of benzene rings is 2. The first-order valence-electron chi connectivity index (χ1n) is 9.32. The molecule has 0 bridgehead atoms. The summed E-state index contributed by atoms with van der Waals surface area (Å²) in [5.41, 5.74) is 1.02. The van der Waals surface area contributed by atoms with Crippen molar-refractivity contribution in [2.24, 2.45) is 0 Å². The van der Waals surface area contributed by atoms with Gasteiger partial charge in [-0.1, -0.05) is 18.2 Å². The molecule has 2 aromatic carbocycles. The fourth-order valence-electron chi connectivity index (χ4n) is 2.89. The number of sulfonamides is 1. The largest absolute Gasteiger partial charge is 0.495 e. The minimum atomic E-state index is -3.76. The Bertz CT molecular complexity index is 1140. The molecular weight excluding hydrogens is 406 g/mol. The summed E-state index contributed by atoms with van der Waals surface area (Å²) in [5.74, 6) is 0.478. The van der Waals surface area contributed by atoms with Crippen LogP contribution in [-0.4, -0.2) is 46.6 Å². The van der Waals surface area contributed by atoms with Crippen LogP contribution in [0, 0.1) is 0 Å². The molecule has 0 radical (unpaired) electrons. The van der Waals surface area contributed by atoms with Gasteiger partial charge in [0.2, 0.25) is 10.0 Å². The van der Waals surface area contributed by atoms with Crippen LogP contribution in [-0.2, 0) is 10.0 Å². The first-order chi connectivity index (χ1) is 14.5. The van der Waals surface area contributed by atoms with E-state index in [2.05, 4.69) is 15.0 Å². The first kappa shape index (κ1) is 21.5. The summed E-state index contributed by atoms with van der Waals surface area (Å²) in [6, 6.07) is 13.8. The van der Waals surface area contributed by atoms with Crippen LogP contribution in [0.3, 0.4) is 0 Å². The topological polar surface area (TPSA) is 107 Å². The lowest BCUT2D eigenvalue weighted by atomic mass is 10.2. The Morgan fingerprint density at radius 2 is 1.90 bits per heavy atom. The molecule has 1 heterocycles. The standard InChI is InChI=1S/C21H23N3O5S/c1-22-30(26,27)19-14-16(9-10-17(19)28-2)21(25)24-12-5-13-29-18-8-3-6-15-7-4-11-23-20(15)18/h3-4,6-11,14,22H,5,12-13H2,1-2H3,(H,24,25). The Hall–Kier alpha value is -3.17. The van der Waals surface area contributed by atoms with E-state index < -0.39 is 10.0 Å². The lowest BCUT2D eigenvalue weighted by Crippen LogP contribution is -2.26. The van der Waals surface area contributed by atoms with Crippen molar-refractivity contribution in [1.82, 2.24) is 15.0 Å². The average molecular weight is 429 g/mol. The van der Waals surface area contributed by atoms with Gasteiger partial charge in [-0.25, -0.2) is 13.1 Å². The van der Waals surface area contributed by atoms with Gasteiger partial charge in [-0.15, -0.1) is 0 Å². The van der Waals surface area contributed by atoms with Crippen LogP contribution in [0.4, 0.5) is 0 Å². The molecule has 0 aliphatic rings. The van der Waals surface area contributed by atoms with E-state index in [0.29, 0.717) is 25.3 Å². The van der Waals surface area contributed by atoms with Crippen molar-refractivity contribution in [3.05, 3.63) is 60.3 Å². The lowest BCUT2D eigenvalue weighted by Gasteiger charge is -2.12. The summed E-state index contributed by atoms with van der Waals surface area (Å²) in [6.07, 6.45) is 2.29. The Morgan fingerprint density at radius 1 is 1.10 bits per heavy atom. The van der Waals surface area contributed by atoms with Crippen molar-refractivity contribution in [2.75, 3.05) is 27.3 Å². The Morgan fingerprint density at radius 3 is 2.67 bits per heavy atom. The number of para-hydroxylation sites is 1. The minimum absolute atomic E-state index is 0.0908. The van der Waals surface area contributed by atoms with Gasteiger partial charge in [0.25, 0.3) is 5.91 Å². The molecule has 0 saturated heterocycles. The number of aromatic nitrogens is 1. The van der Waals surface area contributed by atoms with Crippen LogP contribution in [0.5, 0.6) is 11.5 Å². The zero-order valence-electron chi connectivity index (χ0n) is 16.7. The molecule has 8 nitrogen and oxygen atoms in total. The van der Waals surface area contributed by atoms with Crippen molar-refractivity contribution >= 4 is 26.8 Å². The van der Waals surface area contributed by atoms with Gasteiger partial charge < -0.3 is 14.8 Å². The molecule has 0 aliphatic carbocycles. The van der Waals surface area contributed by atoms with Crippen molar-refractivity contribution in [2.45, 2.75) is 11.3 Å². The van der Waals surface area contributed by atoms with E-state index in [9.17, 15) is 13.2 Å². The highest BCUT2D eigenvalue weighted by Gasteiger charge is 2.20. The number of carbonyl (C=O) groups excluding carboxylic acids is 1. The second kappa shape index (κ2) is 9.55. The number of nitrogens with one attached hydrogen (secondary N) is 2. The molecule has 3 aromatic rings. The Kier molecular flexibility index (Phi) is 6.86. The number of carbonyl (C=O) groups is 1. The van der Waals surface area contributed by atoms with E-state index in [1.807, 2.05) is 30.3 Å². The molecule has 30 heavy (non-hydrogen) atoms. The normalized spacial score (nSPS) is 11.3. The molecule has 0 saturated carbocycles. The van der Waals surface area contributed by atoms with Gasteiger partial charge in [0.1, 0.15) is 21.9 Å². The average Bonchev–Trinajstić information content (AvgIpc) is 2.78. The van der Waals surface area contributed by atoms with E-state index >= 15 is 0 Å². The van der Waals surface area contributed by atoms with Crippen molar-refractivity contribution in [3.8, 4) is 11.5 Å². The first-order valence-corrected chi connectivity index (χ1v) is 10.8. The van der Waals surface area contributed by atoms with Gasteiger partial charge in [0, 0.05) is 23.7 Å². The number of hydrogen-bond donors (Lipinski definition) is 2. The second-order valence-electron chi connectivity index (χ2n) is 6.36. The number of ether oxygens (including phenoxy) is 2.